The number of hydrogen-bond donors (Lipinski definition) is 1. The van der Waals surface area contributed by atoms with Crippen molar-refractivity contribution in [1.82, 2.24) is 0 Å². The monoisotopic (exact) mass is 355 g/mol. The Hall–Kier alpha value is -0.830. The standard InChI is InChI=1S/C12H18ClNO5S2/c1-19-8-9(7-13)14-11-5-4-10(20(2,15)16)6-12(11)21(3,17)18/h4-6,9,14H,7-8H2,1-3H3. The smallest absolute Gasteiger partial charge is 0.177 e. The molecular formula is C12H18ClNO5S2. The first-order valence-electron chi connectivity index (χ1n) is 5.95. The lowest BCUT2D eigenvalue weighted by molar-refractivity contribution is 0.191. The Morgan fingerprint density at radius 3 is 2.24 bits per heavy atom. The third-order valence-corrected chi connectivity index (χ3v) is 5.31. The van der Waals surface area contributed by atoms with E-state index in [1.54, 1.807) is 0 Å². The van der Waals surface area contributed by atoms with E-state index in [9.17, 15) is 16.8 Å². The fraction of sp³-hybridized carbons (Fsp3) is 0.500. The largest absolute Gasteiger partial charge is 0.383 e. The van der Waals surface area contributed by atoms with Crippen LogP contribution < -0.4 is 5.32 Å². The van der Waals surface area contributed by atoms with Gasteiger partial charge in [0.05, 0.1) is 28.1 Å². The highest BCUT2D eigenvalue weighted by atomic mass is 35.5. The van der Waals surface area contributed by atoms with E-state index in [0.29, 0.717) is 12.3 Å². The molecule has 1 aromatic rings. The van der Waals surface area contributed by atoms with E-state index < -0.39 is 19.7 Å². The van der Waals surface area contributed by atoms with E-state index in [-0.39, 0.29) is 21.7 Å². The van der Waals surface area contributed by atoms with Crippen molar-refractivity contribution in [3.8, 4) is 0 Å². The molecule has 0 amide bonds. The number of nitrogens with one attached hydrogen (secondary N) is 1. The zero-order chi connectivity index (χ0) is 16.3. The van der Waals surface area contributed by atoms with Gasteiger partial charge in [-0.1, -0.05) is 0 Å². The summed E-state index contributed by atoms with van der Waals surface area (Å²) in [5, 5.41) is 2.95. The van der Waals surface area contributed by atoms with Gasteiger partial charge in [-0.15, -0.1) is 11.6 Å². The van der Waals surface area contributed by atoms with Gasteiger partial charge in [0, 0.05) is 25.5 Å². The Balaban J connectivity index is 3.33. The van der Waals surface area contributed by atoms with Crippen molar-refractivity contribution in [2.75, 3.05) is 37.4 Å². The minimum atomic E-state index is -3.60. The van der Waals surface area contributed by atoms with E-state index in [2.05, 4.69) is 5.32 Å². The van der Waals surface area contributed by atoms with Crippen molar-refractivity contribution in [2.45, 2.75) is 15.8 Å². The van der Waals surface area contributed by atoms with Gasteiger partial charge in [0.15, 0.2) is 19.7 Å². The molecule has 0 fully saturated rings. The molecule has 1 unspecified atom stereocenters. The first-order chi connectivity index (χ1) is 9.59. The third kappa shape index (κ3) is 5.14. The highest BCUT2D eigenvalue weighted by Crippen LogP contribution is 2.25. The number of alkyl halides is 1. The normalized spacial score (nSPS) is 13.9. The van der Waals surface area contributed by atoms with Gasteiger partial charge >= 0.3 is 0 Å². The molecule has 9 heteroatoms. The Labute approximate surface area is 130 Å². The number of anilines is 1. The molecule has 21 heavy (non-hydrogen) atoms. The van der Waals surface area contributed by atoms with Crippen molar-refractivity contribution in [2.24, 2.45) is 0 Å². The molecule has 0 saturated heterocycles. The number of methoxy groups -OCH3 is 1. The zero-order valence-corrected chi connectivity index (χ0v) is 14.3. The lowest BCUT2D eigenvalue weighted by Crippen LogP contribution is -2.27. The average Bonchev–Trinajstić information content (AvgIpc) is 2.36. The van der Waals surface area contributed by atoms with Crippen LogP contribution in [-0.4, -0.2) is 55.0 Å². The lowest BCUT2D eigenvalue weighted by atomic mass is 10.2. The van der Waals surface area contributed by atoms with Crippen LogP contribution in [0, 0.1) is 0 Å². The maximum absolute atomic E-state index is 11.9. The fourth-order valence-electron chi connectivity index (χ4n) is 1.71. The van der Waals surface area contributed by atoms with Gasteiger partial charge in [-0.05, 0) is 18.2 Å². The number of rotatable bonds is 7. The van der Waals surface area contributed by atoms with Gasteiger partial charge in [-0.25, -0.2) is 16.8 Å². The summed E-state index contributed by atoms with van der Waals surface area (Å²) < 4.78 is 51.8. The lowest BCUT2D eigenvalue weighted by Gasteiger charge is -2.19. The van der Waals surface area contributed by atoms with Gasteiger partial charge in [0.25, 0.3) is 0 Å². The molecule has 1 N–H and O–H groups in total. The van der Waals surface area contributed by atoms with Crippen molar-refractivity contribution in [3.63, 3.8) is 0 Å². The highest BCUT2D eigenvalue weighted by Gasteiger charge is 2.19. The van der Waals surface area contributed by atoms with Gasteiger partial charge < -0.3 is 10.1 Å². The molecule has 1 rings (SSSR count). The van der Waals surface area contributed by atoms with Gasteiger partial charge in [-0.2, -0.15) is 0 Å². The Morgan fingerprint density at radius 1 is 1.19 bits per heavy atom. The molecule has 0 aromatic heterocycles. The number of hydrogen-bond acceptors (Lipinski definition) is 6. The minimum Gasteiger partial charge on any atom is -0.383 e. The predicted octanol–water partition coefficient (Wildman–Crippen LogP) is 1.16. The molecular weight excluding hydrogens is 338 g/mol. The summed E-state index contributed by atoms with van der Waals surface area (Å²) in [4.78, 5) is -0.140. The molecule has 120 valence electrons. The second-order valence-electron chi connectivity index (χ2n) is 4.65. The van der Waals surface area contributed by atoms with Crippen molar-refractivity contribution < 1.29 is 21.6 Å². The molecule has 0 aliphatic rings. The number of benzene rings is 1. The van der Waals surface area contributed by atoms with Gasteiger partial charge in [0.2, 0.25) is 0 Å². The molecule has 1 aromatic carbocycles. The molecule has 0 aliphatic carbocycles. The van der Waals surface area contributed by atoms with Crippen molar-refractivity contribution >= 4 is 37.0 Å². The van der Waals surface area contributed by atoms with E-state index in [4.69, 9.17) is 16.3 Å². The SMILES string of the molecule is COCC(CCl)Nc1ccc(S(C)(=O)=O)cc1S(C)(=O)=O. The predicted molar refractivity (Wildman–Crippen MR) is 82.7 cm³/mol. The molecule has 0 saturated carbocycles. The maximum atomic E-state index is 11.9. The minimum absolute atomic E-state index is 0.0531. The van der Waals surface area contributed by atoms with Crippen LogP contribution in [0.5, 0.6) is 0 Å². The van der Waals surface area contributed by atoms with Crippen molar-refractivity contribution in [3.05, 3.63) is 18.2 Å². The van der Waals surface area contributed by atoms with Crippen LogP contribution in [0.1, 0.15) is 0 Å². The maximum Gasteiger partial charge on any atom is 0.177 e. The molecule has 0 aliphatic heterocycles. The summed E-state index contributed by atoms with van der Waals surface area (Å²) in [5.74, 6) is 0.213. The van der Waals surface area contributed by atoms with Crippen LogP contribution in [0.3, 0.4) is 0 Å². The van der Waals surface area contributed by atoms with Crippen LogP contribution in [0.25, 0.3) is 0 Å². The van der Waals surface area contributed by atoms with E-state index >= 15 is 0 Å². The van der Waals surface area contributed by atoms with Crippen LogP contribution in [-0.2, 0) is 24.4 Å². The summed E-state index contributed by atoms with van der Waals surface area (Å²) in [5.41, 5.74) is 0.299. The third-order valence-electron chi connectivity index (χ3n) is 2.69. The van der Waals surface area contributed by atoms with Crippen LogP contribution in [0.15, 0.2) is 28.0 Å². The van der Waals surface area contributed by atoms with Crippen molar-refractivity contribution in [1.29, 1.82) is 0 Å². The average molecular weight is 356 g/mol. The molecule has 0 spiro atoms. The van der Waals surface area contributed by atoms with Crippen LogP contribution in [0.2, 0.25) is 0 Å². The summed E-state index contributed by atoms with van der Waals surface area (Å²) in [6, 6.07) is 3.62. The number of halogens is 1. The first-order valence-corrected chi connectivity index (χ1v) is 10.3. The highest BCUT2D eigenvalue weighted by molar-refractivity contribution is 7.91. The van der Waals surface area contributed by atoms with Gasteiger partial charge in [0.1, 0.15) is 0 Å². The number of ether oxygens (including phenoxy) is 1. The van der Waals surface area contributed by atoms with Crippen LogP contribution >= 0.6 is 11.6 Å². The van der Waals surface area contributed by atoms with E-state index in [1.807, 2.05) is 0 Å². The molecule has 6 nitrogen and oxygen atoms in total. The zero-order valence-electron chi connectivity index (χ0n) is 12.0. The molecule has 0 radical (unpaired) electrons. The van der Waals surface area contributed by atoms with E-state index in [1.165, 1.54) is 19.2 Å². The Kier molecular flexibility index (Phi) is 6.03. The van der Waals surface area contributed by atoms with E-state index in [0.717, 1.165) is 18.6 Å². The van der Waals surface area contributed by atoms with Crippen LogP contribution in [0.4, 0.5) is 5.69 Å². The topological polar surface area (TPSA) is 89.5 Å². The summed E-state index contributed by atoms with van der Waals surface area (Å²) >= 11 is 5.78. The van der Waals surface area contributed by atoms with Gasteiger partial charge in [-0.3, -0.25) is 0 Å². The summed E-state index contributed by atoms with van der Waals surface area (Å²) in [6.07, 6.45) is 2.04. The first kappa shape index (κ1) is 18.2. The second kappa shape index (κ2) is 6.95. The number of sulfone groups is 2. The molecule has 0 bridgehead atoms. The molecule has 0 heterocycles. The summed E-state index contributed by atoms with van der Waals surface area (Å²) in [6.45, 7) is 0.292. The summed E-state index contributed by atoms with van der Waals surface area (Å²) in [7, 11) is -5.58. The Bertz CT molecular complexity index is 700. The fourth-order valence-corrected chi connectivity index (χ4v) is 3.46. The molecule has 1 atom stereocenters. The second-order valence-corrected chi connectivity index (χ2v) is 8.96. The quantitative estimate of drug-likeness (QED) is 0.738. The Morgan fingerprint density at radius 2 is 1.81 bits per heavy atom.